The van der Waals surface area contributed by atoms with E-state index in [0.29, 0.717) is 48.4 Å². The third-order valence-electron chi connectivity index (χ3n) is 11.1. The van der Waals surface area contributed by atoms with Crippen LogP contribution in [0.15, 0.2) is 98.6 Å². The Morgan fingerprint density at radius 1 is 0.714 bits per heavy atom. The van der Waals surface area contributed by atoms with Crippen LogP contribution in [0.5, 0.6) is 0 Å². The number of fused-ring (bicyclic) bond motifs is 6. The minimum Gasteiger partial charge on any atom is -0.453 e. The molecule has 4 heterocycles. The summed E-state index contributed by atoms with van der Waals surface area (Å²) < 4.78 is 16.2. The number of carbonyl (C=O) groups excluding carboxylic acids is 4. The van der Waals surface area contributed by atoms with Gasteiger partial charge in [-0.25, -0.2) is 19.6 Å². The van der Waals surface area contributed by atoms with Crippen LogP contribution in [0.3, 0.4) is 0 Å². The average Bonchev–Trinajstić information content (AvgIpc) is 3.96. The Balaban J connectivity index is 1.08. The SMILES string of the molecule is C=CCn1c2c(c3ccccc31)C(=O)C(Cc1nc[nH]c1C)CC2OC(=O)/C=C\C(=O)OC1CC(Cc2nc[nH]c2C)C(=O)c2c1n(CC=C)c1ccccc21. The Bertz CT molecular complexity index is 2410. The lowest BCUT2D eigenvalue weighted by Gasteiger charge is -2.30. The maximum atomic E-state index is 14.2. The fourth-order valence-electron chi connectivity index (χ4n) is 8.56. The van der Waals surface area contributed by atoms with Crippen molar-refractivity contribution in [3.05, 3.63) is 144 Å². The van der Waals surface area contributed by atoms with Crippen molar-refractivity contribution in [2.45, 2.75) is 64.8 Å². The number of aromatic amines is 2. The second-order valence-electron chi connectivity index (χ2n) is 14.5. The summed E-state index contributed by atoms with van der Waals surface area (Å²) in [5.41, 5.74) is 7.20. The molecule has 8 rings (SSSR count). The van der Waals surface area contributed by atoms with E-state index in [1.807, 2.05) is 71.5 Å². The molecule has 6 aromatic rings. The summed E-state index contributed by atoms with van der Waals surface area (Å²) in [5, 5.41) is 1.55. The number of Topliss-reactive ketones (excluding diaryl/α,β-unsaturated/α-hetero) is 2. The highest BCUT2D eigenvalue weighted by Crippen LogP contribution is 2.44. The van der Waals surface area contributed by atoms with E-state index < -0.39 is 36.0 Å². The number of ketones is 2. The third-order valence-corrected chi connectivity index (χ3v) is 11.1. The maximum Gasteiger partial charge on any atom is 0.331 e. The van der Waals surface area contributed by atoms with Gasteiger partial charge in [0.25, 0.3) is 0 Å². The summed E-state index contributed by atoms with van der Waals surface area (Å²) >= 11 is 0. The molecule has 0 amide bonds. The van der Waals surface area contributed by atoms with Crippen LogP contribution in [0.1, 0.15) is 79.9 Å². The molecule has 4 atom stereocenters. The highest BCUT2D eigenvalue weighted by molar-refractivity contribution is 6.12. The number of H-pyrrole nitrogens is 2. The highest BCUT2D eigenvalue weighted by atomic mass is 16.5. The molecule has 2 aliphatic rings. The fourth-order valence-corrected chi connectivity index (χ4v) is 8.56. The monoisotopic (exact) mass is 750 g/mol. The molecule has 2 N–H and O–H groups in total. The van der Waals surface area contributed by atoms with E-state index >= 15 is 0 Å². The number of benzene rings is 2. The van der Waals surface area contributed by atoms with Gasteiger partial charge in [-0.15, -0.1) is 13.2 Å². The number of ether oxygens (including phenoxy) is 2. The van der Waals surface area contributed by atoms with Crippen molar-refractivity contribution >= 4 is 45.3 Å². The zero-order chi connectivity index (χ0) is 39.1. The molecule has 0 saturated carbocycles. The number of aromatic nitrogens is 6. The van der Waals surface area contributed by atoms with E-state index in [9.17, 15) is 19.2 Å². The Morgan fingerprint density at radius 3 is 1.50 bits per heavy atom. The summed E-state index contributed by atoms with van der Waals surface area (Å²) in [4.78, 5) is 70.5. The van der Waals surface area contributed by atoms with Gasteiger partial charge in [0.05, 0.1) is 46.6 Å². The van der Waals surface area contributed by atoms with E-state index in [0.717, 1.165) is 56.7 Å². The number of nitrogens with one attached hydrogen (secondary N) is 2. The first-order chi connectivity index (χ1) is 27.2. The molecule has 0 aliphatic heterocycles. The number of rotatable bonds is 12. The van der Waals surface area contributed by atoms with Crippen LogP contribution >= 0.6 is 0 Å². The van der Waals surface area contributed by atoms with E-state index in [1.165, 1.54) is 0 Å². The summed E-state index contributed by atoms with van der Waals surface area (Å²) in [6.07, 6.45) is 8.45. The van der Waals surface area contributed by atoms with Crippen LogP contribution in [0.25, 0.3) is 21.8 Å². The van der Waals surface area contributed by atoms with Gasteiger partial charge in [0.1, 0.15) is 12.2 Å². The highest BCUT2D eigenvalue weighted by Gasteiger charge is 2.42. The predicted octanol–water partition coefficient (Wildman–Crippen LogP) is 7.35. The number of aryl methyl sites for hydroxylation is 2. The third kappa shape index (κ3) is 6.40. The quantitative estimate of drug-likeness (QED) is 0.0748. The largest absolute Gasteiger partial charge is 0.453 e. The zero-order valence-electron chi connectivity index (χ0n) is 31.3. The second kappa shape index (κ2) is 14.9. The van der Waals surface area contributed by atoms with Gasteiger partial charge in [-0.3, -0.25) is 9.59 Å². The minimum absolute atomic E-state index is 0.0345. The van der Waals surface area contributed by atoms with Crippen molar-refractivity contribution in [1.82, 2.24) is 29.1 Å². The van der Waals surface area contributed by atoms with Crippen molar-refractivity contribution in [3.63, 3.8) is 0 Å². The predicted molar refractivity (Wildman–Crippen MR) is 210 cm³/mol. The molecule has 4 aromatic heterocycles. The second-order valence-corrected chi connectivity index (χ2v) is 14.5. The topological polar surface area (TPSA) is 154 Å². The Labute approximate surface area is 322 Å². The number of allylic oxidation sites excluding steroid dienone is 2. The number of carbonyl (C=O) groups is 4. The minimum atomic E-state index is -0.791. The van der Waals surface area contributed by atoms with Gasteiger partial charge < -0.3 is 28.6 Å². The first-order valence-corrected chi connectivity index (χ1v) is 18.8. The average molecular weight is 751 g/mol. The van der Waals surface area contributed by atoms with E-state index in [-0.39, 0.29) is 24.4 Å². The molecule has 2 aromatic carbocycles. The van der Waals surface area contributed by atoms with Crippen molar-refractivity contribution in [1.29, 1.82) is 0 Å². The molecular weight excluding hydrogens is 709 g/mol. The van der Waals surface area contributed by atoms with Crippen molar-refractivity contribution < 1.29 is 28.7 Å². The van der Waals surface area contributed by atoms with Gasteiger partial charge in [0, 0.05) is 96.0 Å². The number of imidazole rings is 2. The fraction of sp³-hybridized carbons (Fsp3) is 0.273. The molecule has 12 heteroatoms. The van der Waals surface area contributed by atoms with Crippen LogP contribution in [-0.4, -0.2) is 52.6 Å². The molecule has 0 spiro atoms. The molecular formula is C44H42N6O6. The molecule has 0 bridgehead atoms. The standard InChI is InChI=1S/C44H42N6O6/c1-5-17-49-33-13-9-7-11-29(33)39-41(49)35(21-27(43(39)53)19-31-25(3)45-23-47-31)55-37(51)15-16-38(52)56-36-22-28(20-32-26(4)46-24-48-32)44(54)40-30-12-8-10-14-34(30)50(18-6-2)42(36)40/h5-16,23-24,27-28,35-36H,1-2,17-22H2,3-4H3,(H,45,47)(H,46,48)/b16-15-. The lowest BCUT2D eigenvalue weighted by atomic mass is 9.80. The normalized spacial score (nSPS) is 19.3. The molecule has 56 heavy (non-hydrogen) atoms. The zero-order valence-corrected chi connectivity index (χ0v) is 31.3. The summed E-state index contributed by atoms with van der Waals surface area (Å²) in [7, 11) is 0. The maximum absolute atomic E-state index is 14.2. The Morgan fingerprint density at radius 2 is 1.12 bits per heavy atom. The molecule has 2 aliphatic carbocycles. The van der Waals surface area contributed by atoms with E-state index in [4.69, 9.17) is 9.47 Å². The molecule has 0 radical (unpaired) electrons. The van der Waals surface area contributed by atoms with Crippen LogP contribution < -0.4 is 0 Å². The van der Waals surface area contributed by atoms with Gasteiger partial charge >= 0.3 is 11.9 Å². The number of nitrogens with zero attached hydrogens (tertiary/aromatic N) is 4. The number of hydrogen-bond donors (Lipinski definition) is 2. The first-order valence-electron chi connectivity index (χ1n) is 18.8. The molecule has 12 nitrogen and oxygen atoms in total. The molecule has 0 saturated heterocycles. The van der Waals surface area contributed by atoms with Crippen LogP contribution in [0, 0.1) is 25.7 Å². The van der Waals surface area contributed by atoms with Crippen LogP contribution in [0.2, 0.25) is 0 Å². The first kappa shape index (κ1) is 36.4. The summed E-state index contributed by atoms with van der Waals surface area (Å²) in [6, 6.07) is 15.3. The molecule has 0 fully saturated rings. The van der Waals surface area contributed by atoms with Gasteiger partial charge in [-0.1, -0.05) is 48.6 Å². The van der Waals surface area contributed by atoms with Gasteiger partial charge in [-0.05, 0) is 26.0 Å². The van der Waals surface area contributed by atoms with Gasteiger partial charge in [0.15, 0.2) is 11.6 Å². The van der Waals surface area contributed by atoms with E-state index in [2.05, 4.69) is 33.1 Å². The number of esters is 2. The van der Waals surface area contributed by atoms with Crippen LogP contribution in [0.4, 0.5) is 0 Å². The Kier molecular flexibility index (Phi) is 9.71. The van der Waals surface area contributed by atoms with E-state index in [1.54, 1.807) is 24.8 Å². The van der Waals surface area contributed by atoms with Crippen LogP contribution in [-0.2, 0) is 45.0 Å². The number of hydrogen-bond acceptors (Lipinski definition) is 8. The van der Waals surface area contributed by atoms with Crippen molar-refractivity contribution in [2.24, 2.45) is 11.8 Å². The van der Waals surface area contributed by atoms with Gasteiger partial charge in [0.2, 0.25) is 0 Å². The lowest BCUT2D eigenvalue weighted by Crippen LogP contribution is -2.31. The summed E-state index contributed by atoms with van der Waals surface area (Å²) in [6.45, 7) is 12.5. The smallest absolute Gasteiger partial charge is 0.331 e. The number of para-hydroxylation sites is 2. The van der Waals surface area contributed by atoms with Crippen molar-refractivity contribution in [3.8, 4) is 0 Å². The molecule has 284 valence electrons. The summed E-state index contributed by atoms with van der Waals surface area (Å²) in [5.74, 6) is -2.58. The molecule has 4 unspecified atom stereocenters. The van der Waals surface area contributed by atoms with Gasteiger partial charge in [-0.2, -0.15) is 0 Å². The van der Waals surface area contributed by atoms with Crippen molar-refractivity contribution in [2.75, 3.05) is 0 Å². The Hall–Kier alpha value is -6.56. The lowest BCUT2D eigenvalue weighted by molar-refractivity contribution is -0.147.